The maximum Gasteiger partial charge on any atom is 0.380 e. The molecule has 0 aliphatic heterocycles. The zero-order valence-corrected chi connectivity index (χ0v) is 16.5. The molecule has 0 saturated heterocycles. The van der Waals surface area contributed by atoms with E-state index in [2.05, 4.69) is 14.7 Å². The van der Waals surface area contributed by atoms with Gasteiger partial charge in [0.05, 0.1) is 0 Å². The molecule has 1 heterocycles. The summed E-state index contributed by atoms with van der Waals surface area (Å²) in [7, 11) is 0. The average Bonchev–Trinajstić information content (AvgIpc) is 3.27. The molecule has 6 nitrogen and oxygen atoms in total. The molecular formula is C23H17N3O3S. The first-order valence-electron chi connectivity index (χ1n) is 9.17. The van der Waals surface area contributed by atoms with E-state index in [0.717, 1.165) is 28.2 Å². The number of hydrogen-bond acceptors (Lipinski definition) is 6. The maximum atomic E-state index is 11.8. The van der Waals surface area contributed by atoms with E-state index in [4.69, 9.17) is 5.11 Å². The Labute approximate surface area is 177 Å². The third-order valence-electron chi connectivity index (χ3n) is 4.74. The van der Waals surface area contributed by atoms with Crippen molar-refractivity contribution in [1.82, 2.24) is 9.36 Å². The fourth-order valence-electron chi connectivity index (χ4n) is 3.40. The molecule has 7 heteroatoms. The van der Waals surface area contributed by atoms with Crippen molar-refractivity contribution in [2.75, 3.05) is 5.32 Å². The predicted octanol–water partition coefficient (Wildman–Crippen LogP) is 4.21. The van der Waals surface area contributed by atoms with Crippen molar-refractivity contribution in [3.8, 4) is 0 Å². The van der Waals surface area contributed by atoms with Gasteiger partial charge in [-0.05, 0) is 16.7 Å². The number of Topliss-reactive ketones (excluding diaryl/α,β-unsaturated/α-hetero) is 1. The van der Waals surface area contributed by atoms with E-state index in [1.54, 1.807) is 0 Å². The Kier molecular flexibility index (Phi) is 5.36. The van der Waals surface area contributed by atoms with E-state index >= 15 is 0 Å². The summed E-state index contributed by atoms with van der Waals surface area (Å²) in [5, 5.41) is 12.8. The van der Waals surface area contributed by atoms with Gasteiger partial charge in [0.2, 0.25) is 11.0 Å². The highest BCUT2D eigenvalue weighted by Gasteiger charge is 2.37. The van der Waals surface area contributed by atoms with E-state index in [0.29, 0.717) is 5.13 Å². The van der Waals surface area contributed by atoms with E-state index < -0.39 is 17.3 Å². The number of carbonyl (C=O) groups is 2. The van der Waals surface area contributed by atoms with Crippen LogP contribution in [0, 0.1) is 0 Å². The molecule has 4 rings (SSSR count). The molecule has 0 aliphatic carbocycles. The van der Waals surface area contributed by atoms with E-state index in [1.165, 1.54) is 0 Å². The van der Waals surface area contributed by atoms with Crippen LogP contribution in [0.4, 0.5) is 5.13 Å². The van der Waals surface area contributed by atoms with Crippen molar-refractivity contribution in [2.45, 2.75) is 5.54 Å². The van der Waals surface area contributed by atoms with Crippen LogP contribution >= 0.6 is 11.5 Å². The molecule has 0 radical (unpaired) electrons. The van der Waals surface area contributed by atoms with Gasteiger partial charge in [-0.25, -0.2) is 4.79 Å². The number of rotatable bonds is 7. The number of benzene rings is 3. The van der Waals surface area contributed by atoms with Gasteiger partial charge in [-0.15, -0.1) is 0 Å². The van der Waals surface area contributed by atoms with Gasteiger partial charge in [0.25, 0.3) is 0 Å². The minimum Gasteiger partial charge on any atom is -0.475 e. The second-order valence-electron chi connectivity index (χ2n) is 6.53. The van der Waals surface area contributed by atoms with Crippen LogP contribution in [-0.2, 0) is 10.3 Å². The Morgan fingerprint density at radius 3 is 1.60 bits per heavy atom. The summed E-state index contributed by atoms with van der Waals surface area (Å²) in [6.07, 6.45) is 0. The highest BCUT2D eigenvalue weighted by molar-refractivity contribution is 7.09. The first-order valence-corrected chi connectivity index (χ1v) is 9.94. The van der Waals surface area contributed by atoms with Crippen LogP contribution in [0.1, 0.15) is 27.3 Å². The number of ketones is 1. The van der Waals surface area contributed by atoms with Gasteiger partial charge in [0.15, 0.2) is 0 Å². The van der Waals surface area contributed by atoms with Gasteiger partial charge in [-0.3, -0.25) is 4.79 Å². The number of hydrogen-bond donors (Lipinski definition) is 2. The van der Waals surface area contributed by atoms with Crippen LogP contribution in [0.3, 0.4) is 0 Å². The van der Waals surface area contributed by atoms with Crippen LogP contribution < -0.4 is 5.32 Å². The van der Waals surface area contributed by atoms with Crippen molar-refractivity contribution >= 4 is 28.4 Å². The lowest BCUT2D eigenvalue weighted by molar-refractivity contribution is -0.131. The molecule has 0 spiro atoms. The molecule has 148 valence electrons. The fourth-order valence-corrected chi connectivity index (χ4v) is 4.03. The number of nitrogens with one attached hydrogen (secondary N) is 1. The van der Waals surface area contributed by atoms with E-state index in [-0.39, 0.29) is 5.82 Å². The van der Waals surface area contributed by atoms with Crippen molar-refractivity contribution < 1.29 is 14.7 Å². The van der Waals surface area contributed by atoms with E-state index in [1.807, 2.05) is 91.0 Å². The predicted molar refractivity (Wildman–Crippen MR) is 115 cm³/mol. The number of nitrogens with zero attached hydrogens (tertiary/aromatic N) is 2. The zero-order chi connectivity index (χ0) is 21.0. The largest absolute Gasteiger partial charge is 0.475 e. The van der Waals surface area contributed by atoms with Crippen LogP contribution in [0.2, 0.25) is 0 Å². The van der Waals surface area contributed by atoms with Gasteiger partial charge in [-0.1, -0.05) is 91.0 Å². The van der Waals surface area contributed by atoms with Gasteiger partial charge in [-0.2, -0.15) is 9.36 Å². The van der Waals surface area contributed by atoms with E-state index in [9.17, 15) is 9.59 Å². The molecular weight excluding hydrogens is 398 g/mol. The number of carboxylic acids is 1. The molecule has 0 unspecified atom stereocenters. The summed E-state index contributed by atoms with van der Waals surface area (Å²) in [5.41, 5.74) is 2.06. The Balaban J connectivity index is 1.92. The highest BCUT2D eigenvalue weighted by Crippen LogP contribution is 2.40. The maximum absolute atomic E-state index is 11.8. The summed E-state index contributed by atoms with van der Waals surface area (Å²) >= 11 is 0.950. The summed E-state index contributed by atoms with van der Waals surface area (Å²) in [4.78, 5) is 27.0. The second-order valence-corrected chi connectivity index (χ2v) is 7.28. The Hall–Kier alpha value is -3.84. The molecule has 2 N–H and O–H groups in total. The van der Waals surface area contributed by atoms with Crippen LogP contribution in [0.25, 0.3) is 0 Å². The topological polar surface area (TPSA) is 92.2 Å². The van der Waals surface area contributed by atoms with Crippen LogP contribution in [-0.4, -0.2) is 26.2 Å². The zero-order valence-electron chi connectivity index (χ0n) is 15.7. The Bertz CT molecular complexity index is 1070. The molecule has 0 saturated carbocycles. The fraction of sp³-hybridized carbons (Fsp3) is 0.0435. The van der Waals surface area contributed by atoms with Crippen molar-refractivity contribution in [2.24, 2.45) is 0 Å². The number of aliphatic carboxylic acids is 1. The van der Waals surface area contributed by atoms with Gasteiger partial charge in [0, 0.05) is 11.5 Å². The molecule has 3 aromatic carbocycles. The first-order chi connectivity index (χ1) is 14.6. The average molecular weight is 415 g/mol. The number of carboxylic acid groups (broad SMARTS) is 1. The lowest BCUT2D eigenvalue weighted by atomic mass is 9.77. The Morgan fingerprint density at radius 2 is 1.20 bits per heavy atom. The quantitative estimate of drug-likeness (QED) is 0.267. The summed E-state index contributed by atoms with van der Waals surface area (Å²) < 4.78 is 3.94. The third kappa shape index (κ3) is 3.58. The van der Waals surface area contributed by atoms with Crippen LogP contribution in [0.15, 0.2) is 91.0 Å². The lowest BCUT2D eigenvalue weighted by Gasteiger charge is -2.36. The number of aromatic nitrogens is 2. The van der Waals surface area contributed by atoms with Crippen molar-refractivity contribution in [3.05, 3.63) is 114 Å². The summed E-state index contributed by atoms with van der Waals surface area (Å²) in [6.45, 7) is 0. The summed E-state index contributed by atoms with van der Waals surface area (Å²) in [5.74, 6) is -3.05. The summed E-state index contributed by atoms with van der Waals surface area (Å²) in [6, 6.07) is 29.6. The molecule has 0 aliphatic rings. The molecule has 30 heavy (non-hydrogen) atoms. The van der Waals surface area contributed by atoms with Crippen molar-refractivity contribution in [1.29, 1.82) is 0 Å². The SMILES string of the molecule is O=C(O)C(=O)c1nsc(NC(c2ccccc2)(c2ccccc2)c2ccccc2)n1. The first kappa shape index (κ1) is 19.5. The van der Waals surface area contributed by atoms with Gasteiger partial charge in [0.1, 0.15) is 5.54 Å². The lowest BCUT2D eigenvalue weighted by Crippen LogP contribution is -2.38. The normalized spacial score (nSPS) is 11.1. The Morgan fingerprint density at radius 1 is 0.767 bits per heavy atom. The molecule has 0 bridgehead atoms. The number of carbonyl (C=O) groups excluding carboxylic acids is 1. The standard InChI is InChI=1S/C23H17N3O3S/c27-19(21(28)29)20-24-22(30-26-20)25-23(16-10-4-1-5-11-16,17-12-6-2-7-13-17)18-14-8-3-9-15-18/h1-15H,(H,28,29)(H,24,25,26). The molecule has 1 aromatic heterocycles. The van der Waals surface area contributed by atoms with Gasteiger partial charge < -0.3 is 10.4 Å². The van der Waals surface area contributed by atoms with Gasteiger partial charge >= 0.3 is 11.8 Å². The second kappa shape index (κ2) is 8.26. The minimum absolute atomic E-state index is 0.335. The molecule has 4 aromatic rings. The number of anilines is 1. The smallest absolute Gasteiger partial charge is 0.380 e. The van der Waals surface area contributed by atoms with Crippen molar-refractivity contribution in [3.63, 3.8) is 0 Å². The minimum atomic E-state index is -1.58. The molecule has 0 amide bonds. The third-order valence-corrected chi connectivity index (χ3v) is 5.37. The van der Waals surface area contributed by atoms with Crippen LogP contribution in [0.5, 0.6) is 0 Å². The monoisotopic (exact) mass is 415 g/mol. The molecule has 0 fully saturated rings. The highest BCUT2D eigenvalue weighted by atomic mass is 32.1. The molecule has 0 atom stereocenters.